The summed E-state index contributed by atoms with van der Waals surface area (Å²) < 4.78 is 15.3. The molecule has 0 aliphatic rings. The fraction of sp³-hybridized carbons (Fsp3) is 0.417. The minimum atomic E-state index is -0.188. The van der Waals surface area contributed by atoms with Crippen molar-refractivity contribution in [3.8, 4) is 0 Å². The molecule has 0 N–H and O–H groups in total. The summed E-state index contributed by atoms with van der Waals surface area (Å²) in [6.45, 7) is 6.05. The zero-order chi connectivity index (χ0) is 11.2. The van der Waals surface area contributed by atoms with Gasteiger partial charge in [-0.2, -0.15) is 5.10 Å². The van der Waals surface area contributed by atoms with Gasteiger partial charge in [0.05, 0.1) is 5.69 Å². The van der Waals surface area contributed by atoms with Gasteiger partial charge in [0.15, 0.2) is 0 Å². The van der Waals surface area contributed by atoms with E-state index in [1.54, 1.807) is 17.8 Å². The van der Waals surface area contributed by atoms with E-state index < -0.39 is 0 Å². The summed E-state index contributed by atoms with van der Waals surface area (Å²) in [4.78, 5) is 0. The van der Waals surface area contributed by atoms with Crippen molar-refractivity contribution in [2.75, 3.05) is 0 Å². The molecule has 0 unspecified atom stereocenters. The number of rotatable bonds is 1. The second-order valence-corrected chi connectivity index (χ2v) is 4.31. The Balaban J connectivity index is 2.87. The Morgan fingerprint density at radius 2 is 2.00 bits per heavy atom. The molecule has 1 heterocycles. The molecule has 2 rings (SSSR count). The molecule has 0 saturated carbocycles. The lowest BCUT2D eigenvalue weighted by Gasteiger charge is -2.01. The highest BCUT2D eigenvalue weighted by Crippen LogP contribution is 2.27. The van der Waals surface area contributed by atoms with E-state index >= 15 is 0 Å². The topological polar surface area (TPSA) is 17.8 Å². The molecule has 15 heavy (non-hydrogen) atoms. The van der Waals surface area contributed by atoms with E-state index in [-0.39, 0.29) is 5.82 Å². The van der Waals surface area contributed by atoms with Crippen LogP contribution in [-0.4, -0.2) is 9.78 Å². The molecular weight excluding hydrogens is 191 g/mol. The number of halogens is 1. The van der Waals surface area contributed by atoms with Gasteiger partial charge in [0.1, 0.15) is 11.3 Å². The lowest BCUT2D eigenvalue weighted by atomic mass is 10.0. The van der Waals surface area contributed by atoms with Gasteiger partial charge >= 0.3 is 0 Å². The Morgan fingerprint density at radius 3 is 2.60 bits per heavy atom. The maximum absolute atomic E-state index is 13.7. The SMILES string of the molecule is Cc1cc(F)c2c(c1)c(C(C)C)nn2C. The maximum atomic E-state index is 13.7. The predicted octanol–water partition coefficient (Wildman–Crippen LogP) is 3.14. The van der Waals surface area contributed by atoms with Gasteiger partial charge < -0.3 is 0 Å². The van der Waals surface area contributed by atoms with Gasteiger partial charge in [0, 0.05) is 12.4 Å². The quantitative estimate of drug-likeness (QED) is 0.700. The molecule has 0 aliphatic carbocycles. The van der Waals surface area contributed by atoms with Crippen molar-refractivity contribution in [1.29, 1.82) is 0 Å². The van der Waals surface area contributed by atoms with Crippen LogP contribution in [0.1, 0.15) is 31.0 Å². The number of hydrogen-bond donors (Lipinski definition) is 0. The standard InChI is InChI=1S/C12H15FN2/c1-7(2)11-9-5-8(3)6-10(13)12(9)15(4)14-11/h5-7H,1-4H3. The van der Waals surface area contributed by atoms with E-state index in [1.165, 1.54) is 0 Å². The maximum Gasteiger partial charge on any atom is 0.149 e. The van der Waals surface area contributed by atoms with Crippen LogP contribution in [0.3, 0.4) is 0 Å². The third-order valence-corrected chi connectivity index (χ3v) is 2.61. The molecule has 80 valence electrons. The van der Waals surface area contributed by atoms with E-state index in [0.717, 1.165) is 16.6 Å². The molecule has 0 bridgehead atoms. The van der Waals surface area contributed by atoms with E-state index in [1.807, 2.05) is 13.0 Å². The lowest BCUT2D eigenvalue weighted by Crippen LogP contribution is -1.94. The van der Waals surface area contributed by atoms with E-state index in [0.29, 0.717) is 11.4 Å². The lowest BCUT2D eigenvalue weighted by molar-refractivity contribution is 0.623. The fourth-order valence-electron chi connectivity index (χ4n) is 1.95. The van der Waals surface area contributed by atoms with Crippen molar-refractivity contribution >= 4 is 10.9 Å². The van der Waals surface area contributed by atoms with Crippen molar-refractivity contribution in [3.63, 3.8) is 0 Å². The highest BCUT2D eigenvalue weighted by atomic mass is 19.1. The first-order chi connectivity index (χ1) is 7.00. The number of hydrogen-bond acceptors (Lipinski definition) is 1. The van der Waals surface area contributed by atoms with E-state index in [2.05, 4.69) is 18.9 Å². The third-order valence-electron chi connectivity index (χ3n) is 2.61. The van der Waals surface area contributed by atoms with Crippen LogP contribution >= 0.6 is 0 Å². The van der Waals surface area contributed by atoms with Crippen molar-refractivity contribution < 1.29 is 4.39 Å². The van der Waals surface area contributed by atoms with Crippen molar-refractivity contribution in [1.82, 2.24) is 9.78 Å². The molecule has 2 nitrogen and oxygen atoms in total. The summed E-state index contributed by atoms with van der Waals surface area (Å²) in [6, 6.07) is 3.55. The number of benzene rings is 1. The van der Waals surface area contributed by atoms with Crippen LogP contribution in [0.15, 0.2) is 12.1 Å². The molecule has 0 amide bonds. The Kier molecular flexibility index (Phi) is 2.25. The Bertz CT molecular complexity index is 512. The summed E-state index contributed by atoms with van der Waals surface area (Å²) in [5.74, 6) is 0.127. The average Bonchev–Trinajstić information content (AvgIpc) is 2.42. The Hall–Kier alpha value is -1.38. The first-order valence-corrected chi connectivity index (χ1v) is 5.13. The van der Waals surface area contributed by atoms with Crippen LogP contribution in [0.2, 0.25) is 0 Å². The van der Waals surface area contributed by atoms with Crippen molar-refractivity contribution in [2.24, 2.45) is 7.05 Å². The number of aryl methyl sites for hydroxylation is 2. The normalized spacial score (nSPS) is 11.6. The van der Waals surface area contributed by atoms with Crippen molar-refractivity contribution in [3.05, 3.63) is 29.2 Å². The molecule has 1 aromatic carbocycles. The Labute approximate surface area is 88.7 Å². The van der Waals surface area contributed by atoms with Crippen molar-refractivity contribution in [2.45, 2.75) is 26.7 Å². The molecule has 0 fully saturated rings. The van der Waals surface area contributed by atoms with Gasteiger partial charge in [-0.05, 0) is 30.5 Å². The molecule has 0 spiro atoms. The number of nitrogens with zero attached hydrogens (tertiary/aromatic N) is 2. The summed E-state index contributed by atoms with van der Waals surface area (Å²) in [6.07, 6.45) is 0. The Morgan fingerprint density at radius 1 is 1.33 bits per heavy atom. The first kappa shape index (κ1) is 10.1. The smallest absolute Gasteiger partial charge is 0.149 e. The van der Waals surface area contributed by atoms with E-state index in [4.69, 9.17) is 0 Å². The van der Waals surface area contributed by atoms with Crippen LogP contribution in [0.5, 0.6) is 0 Å². The minimum Gasteiger partial charge on any atom is -0.265 e. The van der Waals surface area contributed by atoms with Crippen LogP contribution in [0, 0.1) is 12.7 Å². The largest absolute Gasteiger partial charge is 0.265 e. The molecule has 0 radical (unpaired) electrons. The highest BCUT2D eigenvalue weighted by Gasteiger charge is 2.15. The third kappa shape index (κ3) is 1.52. The molecular formula is C12H15FN2. The minimum absolute atomic E-state index is 0.188. The summed E-state index contributed by atoms with van der Waals surface area (Å²) in [7, 11) is 1.78. The summed E-state index contributed by atoms with van der Waals surface area (Å²) in [5.41, 5.74) is 2.51. The molecule has 3 heteroatoms. The van der Waals surface area contributed by atoms with Gasteiger partial charge in [-0.1, -0.05) is 13.8 Å². The van der Waals surface area contributed by atoms with Crippen LogP contribution in [0.25, 0.3) is 10.9 Å². The van der Waals surface area contributed by atoms with Gasteiger partial charge in [-0.25, -0.2) is 4.39 Å². The van der Waals surface area contributed by atoms with Gasteiger partial charge in [0.25, 0.3) is 0 Å². The molecule has 0 aliphatic heterocycles. The van der Waals surface area contributed by atoms with Crippen LogP contribution in [-0.2, 0) is 7.05 Å². The number of fused-ring (bicyclic) bond motifs is 1. The second kappa shape index (κ2) is 3.33. The summed E-state index contributed by atoms with van der Waals surface area (Å²) in [5, 5.41) is 5.30. The molecule has 2 aromatic rings. The van der Waals surface area contributed by atoms with E-state index in [9.17, 15) is 4.39 Å². The zero-order valence-corrected chi connectivity index (χ0v) is 9.50. The summed E-state index contributed by atoms with van der Waals surface area (Å²) >= 11 is 0. The van der Waals surface area contributed by atoms with Gasteiger partial charge in [-0.3, -0.25) is 4.68 Å². The van der Waals surface area contributed by atoms with Gasteiger partial charge in [-0.15, -0.1) is 0 Å². The monoisotopic (exact) mass is 206 g/mol. The molecule has 0 saturated heterocycles. The van der Waals surface area contributed by atoms with Crippen LogP contribution in [0.4, 0.5) is 4.39 Å². The highest BCUT2D eigenvalue weighted by molar-refractivity contribution is 5.83. The fourth-order valence-corrected chi connectivity index (χ4v) is 1.95. The van der Waals surface area contributed by atoms with Gasteiger partial charge in [0.2, 0.25) is 0 Å². The molecule has 0 atom stereocenters. The zero-order valence-electron chi connectivity index (χ0n) is 9.50. The average molecular weight is 206 g/mol. The first-order valence-electron chi connectivity index (χ1n) is 5.13. The van der Waals surface area contributed by atoms with Crippen LogP contribution < -0.4 is 0 Å². The second-order valence-electron chi connectivity index (χ2n) is 4.31. The number of aromatic nitrogens is 2. The predicted molar refractivity (Wildman–Crippen MR) is 59.5 cm³/mol. The molecule has 1 aromatic heterocycles.